The monoisotopic (exact) mass is 624 g/mol. The number of carboxylic acid groups (broad SMARTS) is 2. The van der Waals surface area contributed by atoms with Crippen LogP contribution in [0, 0.1) is 6.92 Å². The molecule has 6 N–H and O–H groups in total. The fourth-order valence-electron chi connectivity index (χ4n) is 6.84. The van der Waals surface area contributed by atoms with E-state index in [4.69, 9.17) is 0 Å². The van der Waals surface area contributed by atoms with Crippen LogP contribution in [-0.2, 0) is 32.0 Å². The van der Waals surface area contributed by atoms with Crippen LogP contribution in [0.25, 0.3) is 6.08 Å². The lowest BCUT2D eigenvalue weighted by Crippen LogP contribution is -2.36. The van der Waals surface area contributed by atoms with Crippen molar-refractivity contribution in [1.82, 2.24) is 20.9 Å². The highest BCUT2D eigenvalue weighted by Crippen LogP contribution is 2.35. The van der Waals surface area contributed by atoms with Gasteiger partial charge in [0, 0.05) is 58.8 Å². The Hall–Kier alpha value is -3.73. The van der Waals surface area contributed by atoms with Gasteiger partial charge in [-0.25, -0.2) is 0 Å². The maximum Gasteiger partial charge on any atom is 0.303 e. The normalized spacial score (nSPS) is 23.5. The van der Waals surface area contributed by atoms with E-state index in [1.807, 2.05) is 40.7 Å². The smallest absolute Gasteiger partial charge is 0.303 e. The Morgan fingerprint density at radius 1 is 0.886 bits per heavy atom. The molecule has 0 saturated heterocycles. The Morgan fingerprint density at radius 2 is 1.48 bits per heavy atom. The highest BCUT2D eigenvalue weighted by atomic mass is 32.1. The van der Waals surface area contributed by atoms with Gasteiger partial charge in [0.15, 0.2) is 0 Å². The average molecular weight is 625 g/mol. The summed E-state index contributed by atoms with van der Waals surface area (Å²) in [5.41, 5.74) is 9.66. The van der Waals surface area contributed by atoms with Crippen molar-refractivity contribution in [3.05, 3.63) is 61.7 Å². The molecule has 44 heavy (non-hydrogen) atoms. The number of amides is 2. The van der Waals surface area contributed by atoms with Crippen LogP contribution in [-0.4, -0.2) is 62.3 Å². The summed E-state index contributed by atoms with van der Waals surface area (Å²) in [6, 6.07) is -0.453. The minimum absolute atomic E-state index is 0.0316. The number of hydrogen-bond acceptors (Lipinski definition) is 6. The number of carboxylic acids is 2. The van der Waals surface area contributed by atoms with Crippen molar-refractivity contribution in [2.24, 2.45) is 0 Å². The molecule has 3 aliphatic heterocycles. The van der Waals surface area contributed by atoms with Gasteiger partial charge in [-0.15, -0.1) is 0 Å². The van der Waals surface area contributed by atoms with Gasteiger partial charge < -0.3 is 31.1 Å². The third kappa shape index (κ3) is 6.82. The number of allylic oxidation sites excluding steroid dienone is 1. The average Bonchev–Trinajstić information content (AvgIpc) is 3.59. The Bertz CT molecular complexity index is 1510. The largest absolute Gasteiger partial charge is 0.481 e. The Balaban J connectivity index is 1.70. The van der Waals surface area contributed by atoms with Gasteiger partial charge in [-0.05, 0) is 99.8 Å². The summed E-state index contributed by atoms with van der Waals surface area (Å²) in [4.78, 5) is 51.6. The molecule has 1 aromatic rings. The number of aromatic nitrogens is 1. The highest BCUT2D eigenvalue weighted by Gasteiger charge is 2.35. The van der Waals surface area contributed by atoms with E-state index < -0.39 is 11.9 Å². The predicted molar refractivity (Wildman–Crippen MR) is 172 cm³/mol. The van der Waals surface area contributed by atoms with E-state index in [2.05, 4.69) is 33.6 Å². The van der Waals surface area contributed by atoms with E-state index in [0.717, 1.165) is 56.1 Å². The second-order valence-electron chi connectivity index (χ2n) is 12.1. The molecule has 2 amide bonds. The van der Waals surface area contributed by atoms with Crippen molar-refractivity contribution in [3.8, 4) is 0 Å². The number of rotatable bonds is 13. The topological polar surface area (TPSA) is 161 Å². The third-order valence-electron chi connectivity index (χ3n) is 9.35. The first-order valence-corrected chi connectivity index (χ1v) is 15.8. The summed E-state index contributed by atoms with van der Waals surface area (Å²) in [6.07, 6.45) is 4.32. The number of aromatic amines is 1. The standard InChI is InChI=1S/C33H44N4O6S/c1-7-20-15(2)25(36-33(20)43)12-23-16(3)21(8-10-29(38)39)26(34-23)14-27-22(9-11-30(40)41)17(4)24(35-27)13-28-31(19(6)44)18(5)32(42)37-28/h14,19,23,25,28,34-35,44H,7-13H2,1-6H3,(H,36,43)(H,37,42)(H,38,39)(H,40,41)/b26-14-/t19-,23?,25+,28-/m0/s1. The lowest BCUT2D eigenvalue weighted by molar-refractivity contribution is -0.138. The van der Waals surface area contributed by atoms with Gasteiger partial charge in [0.1, 0.15) is 0 Å². The van der Waals surface area contributed by atoms with Gasteiger partial charge in [0.05, 0.1) is 12.1 Å². The molecule has 0 aliphatic carbocycles. The van der Waals surface area contributed by atoms with Crippen LogP contribution in [0.1, 0.15) is 89.2 Å². The van der Waals surface area contributed by atoms with Crippen molar-refractivity contribution in [1.29, 1.82) is 0 Å². The van der Waals surface area contributed by atoms with Gasteiger partial charge in [-0.3, -0.25) is 19.2 Å². The first-order chi connectivity index (χ1) is 20.7. The molecule has 4 atom stereocenters. The van der Waals surface area contributed by atoms with E-state index in [1.54, 1.807) is 6.92 Å². The minimum atomic E-state index is -0.899. The summed E-state index contributed by atoms with van der Waals surface area (Å²) in [7, 11) is 0. The molecule has 238 valence electrons. The number of nitrogens with one attached hydrogen (secondary N) is 4. The number of hydrogen-bond donors (Lipinski definition) is 7. The van der Waals surface area contributed by atoms with Gasteiger partial charge in [-0.1, -0.05) is 6.92 Å². The zero-order chi connectivity index (χ0) is 32.5. The summed E-state index contributed by atoms with van der Waals surface area (Å²) in [5, 5.41) is 28.6. The molecule has 1 aromatic heterocycles. The maximum absolute atomic E-state index is 12.5. The highest BCUT2D eigenvalue weighted by molar-refractivity contribution is 7.81. The second-order valence-corrected chi connectivity index (χ2v) is 12.9. The van der Waals surface area contributed by atoms with Crippen LogP contribution >= 0.6 is 12.6 Å². The fraction of sp³-hybridized carbons (Fsp3) is 0.515. The van der Waals surface area contributed by atoms with E-state index in [1.165, 1.54) is 0 Å². The number of H-pyrrole nitrogens is 1. The van der Waals surface area contributed by atoms with Gasteiger partial charge >= 0.3 is 11.9 Å². The molecule has 0 fully saturated rings. The van der Waals surface area contributed by atoms with E-state index in [-0.39, 0.29) is 48.0 Å². The van der Waals surface area contributed by atoms with E-state index >= 15 is 0 Å². The fourth-order valence-corrected chi connectivity index (χ4v) is 7.21. The summed E-state index contributed by atoms with van der Waals surface area (Å²) in [5.74, 6) is -1.93. The van der Waals surface area contributed by atoms with Crippen LogP contribution in [0.4, 0.5) is 0 Å². The molecular weight excluding hydrogens is 580 g/mol. The van der Waals surface area contributed by atoms with Crippen LogP contribution < -0.4 is 16.0 Å². The van der Waals surface area contributed by atoms with E-state index in [0.29, 0.717) is 37.7 Å². The van der Waals surface area contributed by atoms with Gasteiger partial charge in [0.2, 0.25) is 11.8 Å². The first-order valence-electron chi connectivity index (χ1n) is 15.3. The minimum Gasteiger partial charge on any atom is -0.481 e. The van der Waals surface area contributed by atoms with Crippen LogP contribution in [0.2, 0.25) is 0 Å². The molecule has 0 spiro atoms. The quantitative estimate of drug-likeness (QED) is 0.163. The molecular formula is C33H44N4O6S. The Labute approximate surface area is 263 Å². The molecule has 10 nitrogen and oxygen atoms in total. The number of carbonyl (C=O) groups excluding carboxylic acids is 2. The molecule has 4 rings (SSSR count). The van der Waals surface area contributed by atoms with Crippen LogP contribution in [0.5, 0.6) is 0 Å². The molecule has 1 unspecified atom stereocenters. The second kappa shape index (κ2) is 13.5. The van der Waals surface area contributed by atoms with E-state index in [9.17, 15) is 29.4 Å². The maximum atomic E-state index is 12.5. The first kappa shape index (κ1) is 33.2. The van der Waals surface area contributed by atoms with Crippen molar-refractivity contribution < 1.29 is 29.4 Å². The van der Waals surface area contributed by atoms with Gasteiger partial charge in [-0.2, -0.15) is 12.6 Å². The molecule has 11 heteroatoms. The molecule has 3 aliphatic rings. The van der Waals surface area contributed by atoms with Crippen molar-refractivity contribution >= 4 is 42.5 Å². The SMILES string of the molecule is CCC1=C(C)[C@@H](CC2N/C(=C\c3[nH]c(C[C@@H]4NC(=O)C(C)=C4[C@H](C)S)c(C)c3CCC(=O)O)C(CCC(=O)O)=C2C)NC1=O. The Morgan fingerprint density at radius 3 is 2.07 bits per heavy atom. The lowest BCUT2D eigenvalue weighted by atomic mass is 9.94. The van der Waals surface area contributed by atoms with Crippen LogP contribution in [0.15, 0.2) is 39.1 Å². The third-order valence-corrected chi connectivity index (χ3v) is 9.63. The van der Waals surface area contributed by atoms with Gasteiger partial charge in [0.25, 0.3) is 0 Å². The van der Waals surface area contributed by atoms with Crippen molar-refractivity contribution in [2.45, 2.75) is 110 Å². The number of carbonyl (C=O) groups is 4. The molecule has 0 saturated carbocycles. The summed E-state index contributed by atoms with van der Waals surface area (Å²) >= 11 is 4.61. The molecule has 0 aromatic carbocycles. The molecule has 0 bridgehead atoms. The number of aliphatic carboxylic acids is 2. The van der Waals surface area contributed by atoms with Crippen molar-refractivity contribution in [3.63, 3.8) is 0 Å². The number of thiol groups is 1. The van der Waals surface area contributed by atoms with Crippen molar-refractivity contribution in [2.75, 3.05) is 0 Å². The predicted octanol–water partition coefficient (Wildman–Crippen LogP) is 4.13. The molecule has 4 heterocycles. The molecule has 0 radical (unpaired) electrons. The van der Waals surface area contributed by atoms with Crippen LogP contribution in [0.3, 0.4) is 0 Å². The summed E-state index contributed by atoms with van der Waals surface area (Å²) in [6.45, 7) is 11.7. The summed E-state index contributed by atoms with van der Waals surface area (Å²) < 4.78 is 0. The lowest BCUT2D eigenvalue weighted by Gasteiger charge is -2.20. The zero-order valence-corrected chi connectivity index (χ0v) is 27.2. The zero-order valence-electron chi connectivity index (χ0n) is 26.3. The Kier molecular flexibility index (Phi) is 10.2.